The molecule has 8 heteroatoms. The van der Waals surface area contributed by atoms with Crippen molar-refractivity contribution in [3.63, 3.8) is 0 Å². The molecule has 3 rings (SSSR count). The normalized spacial score (nSPS) is 15.4. The summed E-state index contributed by atoms with van der Waals surface area (Å²) in [6.07, 6.45) is 0.136. The molecule has 0 bridgehead atoms. The number of carbonyl (C=O) groups excluding carboxylic acids is 1. The molecule has 1 aliphatic rings. The highest BCUT2D eigenvalue weighted by atomic mass is 35.5. The highest BCUT2D eigenvalue weighted by Crippen LogP contribution is 2.15. The standard InChI is InChI=1S/C21H26ClN3O3S/c1-17-5-2-3-6-18(17)16-24-11-13-25(14-12-24)21(26)9-10-23-29(27,28)20-8-4-7-19(22)15-20/h2-8,15,23H,9-14,16H2,1H3. The van der Waals surface area contributed by atoms with Crippen molar-refractivity contribution in [2.75, 3.05) is 32.7 Å². The number of aryl methyl sites for hydroxylation is 1. The first-order valence-corrected chi connectivity index (χ1v) is 11.5. The van der Waals surface area contributed by atoms with E-state index in [1.165, 1.54) is 23.3 Å². The van der Waals surface area contributed by atoms with Crippen LogP contribution in [-0.2, 0) is 21.4 Å². The van der Waals surface area contributed by atoms with Crippen LogP contribution in [0.3, 0.4) is 0 Å². The van der Waals surface area contributed by atoms with Crippen molar-refractivity contribution in [3.8, 4) is 0 Å². The highest BCUT2D eigenvalue weighted by molar-refractivity contribution is 7.89. The number of nitrogens with one attached hydrogen (secondary N) is 1. The maximum Gasteiger partial charge on any atom is 0.240 e. The number of hydrogen-bond donors (Lipinski definition) is 1. The van der Waals surface area contributed by atoms with E-state index >= 15 is 0 Å². The Hall–Kier alpha value is -1.93. The summed E-state index contributed by atoms with van der Waals surface area (Å²) in [5.74, 6) is -0.0330. The van der Waals surface area contributed by atoms with E-state index in [0.29, 0.717) is 18.1 Å². The lowest BCUT2D eigenvalue weighted by Gasteiger charge is -2.35. The molecule has 2 aromatic carbocycles. The van der Waals surface area contributed by atoms with E-state index in [0.717, 1.165) is 19.6 Å². The number of benzene rings is 2. The van der Waals surface area contributed by atoms with Gasteiger partial charge in [0.25, 0.3) is 0 Å². The Balaban J connectivity index is 1.43. The van der Waals surface area contributed by atoms with Gasteiger partial charge in [-0.05, 0) is 36.2 Å². The van der Waals surface area contributed by atoms with E-state index in [1.807, 2.05) is 17.0 Å². The first-order chi connectivity index (χ1) is 13.8. The van der Waals surface area contributed by atoms with Gasteiger partial charge in [-0.25, -0.2) is 13.1 Å². The van der Waals surface area contributed by atoms with E-state index in [1.54, 1.807) is 12.1 Å². The molecule has 1 amide bonds. The molecule has 1 heterocycles. The molecular formula is C21H26ClN3O3S. The molecule has 1 aliphatic heterocycles. The first kappa shape index (κ1) is 21.8. The van der Waals surface area contributed by atoms with Crippen molar-refractivity contribution in [1.29, 1.82) is 0 Å². The minimum atomic E-state index is -3.67. The monoisotopic (exact) mass is 435 g/mol. The largest absolute Gasteiger partial charge is 0.340 e. The lowest BCUT2D eigenvalue weighted by Crippen LogP contribution is -2.48. The summed E-state index contributed by atoms with van der Waals surface area (Å²) in [6, 6.07) is 14.4. The van der Waals surface area contributed by atoms with E-state index in [9.17, 15) is 13.2 Å². The summed E-state index contributed by atoms with van der Waals surface area (Å²) in [5.41, 5.74) is 2.58. The zero-order chi connectivity index (χ0) is 20.9. The molecule has 2 aromatic rings. The predicted molar refractivity (Wildman–Crippen MR) is 114 cm³/mol. The number of halogens is 1. The third-order valence-corrected chi connectivity index (χ3v) is 6.81. The van der Waals surface area contributed by atoms with E-state index in [4.69, 9.17) is 11.6 Å². The van der Waals surface area contributed by atoms with Gasteiger partial charge in [-0.2, -0.15) is 0 Å². The predicted octanol–water partition coefficient (Wildman–Crippen LogP) is 2.66. The van der Waals surface area contributed by atoms with Gasteiger partial charge in [0.05, 0.1) is 4.90 Å². The Bertz CT molecular complexity index is 957. The fourth-order valence-electron chi connectivity index (χ4n) is 3.35. The SMILES string of the molecule is Cc1ccccc1CN1CCN(C(=O)CCNS(=O)(=O)c2cccc(Cl)c2)CC1. The molecule has 0 saturated carbocycles. The van der Waals surface area contributed by atoms with Crippen molar-refractivity contribution < 1.29 is 13.2 Å². The second-order valence-corrected chi connectivity index (χ2v) is 9.39. The Morgan fingerprint density at radius 3 is 2.48 bits per heavy atom. The van der Waals surface area contributed by atoms with Crippen molar-refractivity contribution in [1.82, 2.24) is 14.5 Å². The summed E-state index contributed by atoms with van der Waals surface area (Å²) < 4.78 is 27.0. The number of rotatable bonds is 7. The summed E-state index contributed by atoms with van der Waals surface area (Å²) in [5, 5.41) is 0.354. The van der Waals surface area contributed by atoms with Crippen LogP contribution < -0.4 is 4.72 Å². The Morgan fingerprint density at radius 2 is 1.79 bits per heavy atom. The fraction of sp³-hybridized carbons (Fsp3) is 0.381. The van der Waals surface area contributed by atoms with E-state index in [-0.39, 0.29) is 23.8 Å². The smallest absolute Gasteiger partial charge is 0.240 e. The molecule has 0 radical (unpaired) electrons. The van der Waals surface area contributed by atoms with Crippen LogP contribution in [0.1, 0.15) is 17.5 Å². The summed E-state index contributed by atoms with van der Waals surface area (Å²) in [4.78, 5) is 16.7. The average Bonchev–Trinajstić information content (AvgIpc) is 2.70. The molecule has 0 atom stereocenters. The Labute approximate surface area is 177 Å². The van der Waals surface area contributed by atoms with Crippen LogP contribution in [0.4, 0.5) is 0 Å². The molecule has 1 N–H and O–H groups in total. The number of hydrogen-bond acceptors (Lipinski definition) is 4. The molecule has 0 unspecified atom stereocenters. The van der Waals surface area contributed by atoms with Crippen LogP contribution in [-0.4, -0.2) is 56.8 Å². The molecular weight excluding hydrogens is 410 g/mol. The van der Waals surface area contributed by atoms with Gasteiger partial charge in [-0.1, -0.05) is 41.9 Å². The van der Waals surface area contributed by atoms with Gasteiger partial charge in [0.1, 0.15) is 0 Å². The van der Waals surface area contributed by atoms with Gasteiger partial charge in [0.2, 0.25) is 15.9 Å². The number of amides is 1. The third kappa shape index (κ3) is 6.02. The van der Waals surface area contributed by atoms with Crippen molar-refractivity contribution in [2.24, 2.45) is 0 Å². The van der Waals surface area contributed by atoms with Gasteiger partial charge in [-0.3, -0.25) is 9.69 Å². The van der Waals surface area contributed by atoms with E-state index in [2.05, 4.69) is 28.7 Å². The minimum Gasteiger partial charge on any atom is -0.340 e. The zero-order valence-electron chi connectivity index (χ0n) is 16.5. The van der Waals surface area contributed by atoms with Crippen molar-refractivity contribution >= 4 is 27.5 Å². The average molecular weight is 436 g/mol. The summed E-state index contributed by atoms with van der Waals surface area (Å²) in [7, 11) is -3.67. The zero-order valence-corrected chi connectivity index (χ0v) is 18.0. The molecule has 6 nitrogen and oxygen atoms in total. The lowest BCUT2D eigenvalue weighted by molar-refractivity contribution is -0.132. The molecule has 29 heavy (non-hydrogen) atoms. The molecule has 0 spiro atoms. The number of sulfonamides is 1. The maximum atomic E-state index is 12.4. The van der Waals surface area contributed by atoms with E-state index < -0.39 is 10.0 Å². The first-order valence-electron chi connectivity index (χ1n) is 9.65. The number of piperazine rings is 1. The highest BCUT2D eigenvalue weighted by Gasteiger charge is 2.22. The maximum absolute atomic E-state index is 12.4. The topological polar surface area (TPSA) is 69.7 Å². The van der Waals surface area contributed by atoms with Crippen LogP contribution >= 0.6 is 11.6 Å². The second kappa shape index (κ2) is 9.71. The molecule has 0 aromatic heterocycles. The Kier molecular flexibility index (Phi) is 7.29. The van der Waals surface area contributed by atoms with Gasteiger partial charge in [0.15, 0.2) is 0 Å². The van der Waals surface area contributed by atoms with Crippen LogP contribution in [0.25, 0.3) is 0 Å². The quantitative estimate of drug-likeness (QED) is 0.725. The van der Waals surface area contributed by atoms with Crippen LogP contribution in [0.5, 0.6) is 0 Å². The van der Waals surface area contributed by atoms with Gasteiger partial charge >= 0.3 is 0 Å². The van der Waals surface area contributed by atoms with Gasteiger partial charge < -0.3 is 4.90 Å². The van der Waals surface area contributed by atoms with Crippen molar-refractivity contribution in [3.05, 3.63) is 64.7 Å². The lowest BCUT2D eigenvalue weighted by atomic mass is 10.1. The summed E-state index contributed by atoms with van der Waals surface area (Å²) >= 11 is 5.85. The summed E-state index contributed by atoms with van der Waals surface area (Å²) in [6.45, 7) is 6.00. The number of nitrogens with zero attached hydrogens (tertiary/aromatic N) is 2. The van der Waals surface area contributed by atoms with Crippen LogP contribution in [0.15, 0.2) is 53.4 Å². The second-order valence-electron chi connectivity index (χ2n) is 7.19. The molecule has 0 aliphatic carbocycles. The third-order valence-electron chi connectivity index (χ3n) is 5.12. The van der Waals surface area contributed by atoms with Gasteiger partial charge in [0, 0.05) is 50.7 Å². The van der Waals surface area contributed by atoms with Gasteiger partial charge in [-0.15, -0.1) is 0 Å². The van der Waals surface area contributed by atoms with Crippen molar-refractivity contribution in [2.45, 2.75) is 24.8 Å². The fourth-order valence-corrected chi connectivity index (χ4v) is 4.68. The molecule has 156 valence electrons. The number of carbonyl (C=O) groups is 1. The molecule has 1 saturated heterocycles. The molecule has 1 fully saturated rings. The van der Waals surface area contributed by atoms with Crippen LogP contribution in [0, 0.1) is 6.92 Å². The van der Waals surface area contributed by atoms with Crippen LogP contribution in [0.2, 0.25) is 5.02 Å². The minimum absolute atomic E-state index is 0.0330. The Morgan fingerprint density at radius 1 is 1.07 bits per heavy atom.